The van der Waals surface area contributed by atoms with Gasteiger partial charge in [0.15, 0.2) is 0 Å². The molecule has 0 saturated carbocycles. The van der Waals surface area contributed by atoms with E-state index >= 15 is 0 Å². The van der Waals surface area contributed by atoms with Crippen LogP contribution in [0.2, 0.25) is 0 Å². The van der Waals surface area contributed by atoms with Gasteiger partial charge in [0.2, 0.25) is 5.95 Å². The number of piperazine rings is 1. The normalized spacial score (nSPS) is 16.0. The molecule has 2 aromatic rings. The fraction of sp³-hybridized carbons (Fsp3) is 0.471. The van der Waals surface area contributed by atoms with E-state index in [0.717, 1.165) is 25.5 Å². The number of urea groups is 1. The lowest BCUT2D eigenvalue weighted by Gasteiger charge is -2.34. The van der Waals surface area contributed by atoms with Crippen LogP contribution in [0.1, 0.15) is 11.8 Å². The number of carbonyl (C=O) groups excluding carboxylic acids is 1. The summed E-state index contributed by atoms with van der Waals surface area (Å²) in [6, 6.07) is 6.06. The summed E-state index contributed by atoms with van der Waals surface area (Å²) in [5.41, 5.74) is 0. The van der Waals surface area contributed by atoms with Crippen molar-refractivity contribution in [1.29, 1.82) is 0 Å². The first-order chi connectivity index (χ1) is 11.7. The van der Waals surface area contributed by atoms with Crippen molar-refractivity contribution in [2.45, 2.75) is 13.3 Å². The summed E-state index contributed by atoms with van der Waals surface area (Å²) in [5, 5.41) is 5.15. The van der Waals surface area contributed by atoms with Crippen molar-refractivity contribution in [3.63, 3.8) is 0 Å². The molecule has 128 valence electrons. The van der Waals surface area contributed by atoms with Crippen LogP contribution in [0, 0.1) is 5.92 Å². The first-order valence-corrected chi connectivity index (χ1v) is 9.17. The summed E-state index contributed by atoms with van der Waals surface area (Å²) >= 11 is 1.77. The van der Waals surface area contributed by atoms with E-state index in [-0.39, 0.29) is 6.03 Å². The zero-order chi connectivity index (χ0) is 16.8. The van der Waals surface area contributed by atoms with Crippen LogP contribution in [0.5, 0.6) is 0 Å². The molecule has 24 heavy (non-hydrogen) atoms. The van der Waals surface area contributed by atoms with E-state index in [1.54, 1.807) is 23.7 Å². The molecule has 0 bridgehead atoms. The molecule has 1 saturated heterocycles. The molecule has 2 aromatic heterocycles. The number of thiophene rings is 1. The highest BCUT2D eigenvalue weighted by Crippen LogP contribution is 2.14. The summed E-state index contributed by atoms with van der Waals surface area (Å²) in [7, 11) is 0. The highest BCUT2D eigenvalue weighted by Gasteiger charge is 2.22. The largest absolute Gasteiger partial charge is 0.338 e. The number of nitrogens with one attached hydrogen (secondary N) is 1. The van der Waals surface area contributed by atoms with Gasteiger partial charge in [-0.25, -0.2) is 14.8 Å². The fourth-order valence-corrected chi connectivity index (χ4v) is 3.65. The molecule has 3 rings (SSSR count). The number of nitrogens with zero attached hydrogens (tertiary/aromatic N) is 4. The second-order valence-corrected chi connectivity index (χ2v) is 7.13. The molecule has 0 aromatic carbocycles. The van der Waals surface area contributed by atoms with Gasteiger partial charge in [0.25, 0.3) is 0 Å². The molecular weight excluding hydrogens is 322 g/mol. The Morgan fingerprint density at radius 3 is 2.67 bits per heavy atom. The minimum Gasteiger partial charge on any atom is -0.338 e. The molecule has 0 unspecified atom stereocenters. The van der Waals surface area contributed by atoms with Crippen molar-refractivity contribution >= 4 is 23.3 Å². The first-order valence-electron chi connectivity index (χ1n) is 8.29. The second-order valence-electron chi connectivity index (χ2n) is 6.10. The van der Waals surface area contributed by atoms with E-state index in [1.807, 2.05) is 11.0 Å². The highest BCUT2D eigenvalue weighted by molar-refractivity contribution is 7.09. The smallest absolute Gasteiger partial charge is 0.317 e. The van der Waals surface area contributed by atoms with Crippen LogP contribution in [0.25, 0.3) is 0 Å². The maximum Gasteiger partial charge on any atom is 0.317 e. The number of hydrogen-bond donors (Lipinski definition) is 1. The standard InChI is InChI=1S/C17H23N5OS/c1-14(12-15-4-2-11-24-15)13-20-17(23)22-9-7-21(8-10-22)16-18-5-3-6-19-16/h2-6,11,14H,7-10,12-13H2,1H3,(H,20,23)/t14-/m0/s1. The van der Waals surface area contributed by atoms with Crippen molar-refractivity contribution in [3.05, 3.63) is 40.8 Å². The highest BCUT2D eigenvalue weighted by atomic mass is 32.1. The molecule has 6 nitrogen and oxygen atoms in total. The topological polar surface area (TPSA) is 61.4 Å². The Labute approximate surface area is 146 Å². The van der Waals surface area contributed by atoms with Gasteiger partial charge in [0, 0.05) is 50.0 Å². The quantitative estimate of drug-likeness (QED) is 0.903. The Hall–Kier alpha value is -2.15. The Morgan fingerprint density at radius 1 is 1.25 bits per heavy atom. The average molecular weight is 345 g/mol. The zero-order valence-electron chi connectivity index (χ0n) is 13.9. The number of carbonyl (C=O) groups is 1. The van der Waals surface area contributed by atoms with E-state index in [4.69, 9.17) is 0 Å². The SMILES string of the molecule is C[C@H](CNC(=O)N1CCN(c2ncccn2)CC1)Cc1cccs1. The van der Waals surface area contributed by atoms with E-state index in [9.17, 15) is 4.79 Å². The minimum absolute atomic E-state index is 0.0293. The lowest BCUT2D eigenvalue weighted by molar-refractivity contribution is 0.192. The maximum absolute atomic E-state index is 12.3. The molecule has 1 N–H and O–H groups in total. The van der Waals surface area contributed by atoms with E-state index < -0.39 is 0 Å². The van der Waals surface area contributed by atoms with Gasteiger partial charge in [-0.05, 0) is 29.9 Å². The molecule has 0 radical (unpaired) electrons. The van der Waals surface area contributed by atoms with Crippen molar-refractivity contribution in [2.24, 2.45) is 5.92 Å². The molecule has 0 aliphatic carbocycles. The summed E-state index contributed by atoms with van der Waals surface area (Å²) in [4.78, 5) is 26.2. The van der Waals surface area contributed by atoms with Crippen molar-refractivity contribution in [1.82, 2.24) is 20.2 Å². The van der Waals surface area contributed by atoms with Crippen LogP contribution < -0.4 is 10.2 Å². The first kappa shape index (κ1) is 16.7. The van der Waals surface area contributed by atoms with Crippen molar-refractivity contribution < 1.29 is 4.79 Å². The van der Waals surface area contributed by atoms with Gasteiger partial charge in [0.1, 0.15) is 0 Å². The average Bonchev–Trinajstić information content (AvgIpc) is 3.13. The number of amides is 2. The molecule has 2 amide bonds. The van der Waals surface area contributed by atoms with Gasteiger partial charge in [-0.3, -0.25) is 0 Å². The van der Waals surface area contributed by atoms with Crippen LogP contribution in [0.3, 0.4) is 0 Å². The molecule has 3 heterocycles. The summed E-state index contributed by atoms with van der Waals surface area (Å²) < 4.78 is 0. The summed E-state index contributed by atoms with van der Waals surface area (Å²) in [6.07, 6.45) is 4.50. The fourth-order valence-electron chi connectivity index (χ4n) is 2.78. The lowest BCUT2D eigenvalue weighted by Crippen LogP contribution is -2.52. The van der Waals surface area contributed by atoms with Gasteiger partial charge in [-0.2, -0.15) is 0 Å². The third-order valence-electron chi connectivity index (χ3n) is 4.13. The van der Waals surface area contributed by atoms with E-state index in [0.29, 0.717) is 25.6 Å². The number of aromatic nitrogens is 2. The van der Waals surface area contributed by atoms with Crippen LogP contribution in [-0.4, -0.2) is 53.6 Å². The van der Waals surface area contributed by atoms with Crippen molar-refractivity contribution in [2.75, 3.05) is 37.6 Å². The number of hydrogen-bond acceptors (Lipinski definition) is 5. The molecule has 1 atom stereocenters. The third-order valence-corrected chi connectivity index (χ3v) is 5.03. The molecular formula is C17H23N5OS. The van der Waals surface area contributed by atoms with Gasteiger partial charge in [-0.15, -0.1) is 11.3 Å². The van der Waals surface area contributed by atoms with Crippen LogP contribution >= 0.6 is 11.3 Å². The monoisotopic (exact) mass is 345 g/mol. The molecule has 1 aliphatic rings. The van der Waals surface area contributed by atoms with Gasteiger partial charge in [0.05, 0.1) is 0 Å². The summed E-state index contributed by atoms with van der Waals surface area (Å²) in [5.74, 6) is 1.17. The minimum atomic E-state index is 0.0293. The lowest BCUT2D eigenvalue weighted by atomic mass is 10.1. The van der Waals surface area contributed by atoms with Gasteiger partial charge in [-0.1, -0.05) is 13.0 Å². The molecule has 0 spiro atoms. The number of anilines is 1. The Kier molecular flexibility index (Phi) is 5.63. The van der Waals surface area contributed by atoms with Gasteiger partial charge < -0.3 is 15.1 Å². The van der Waals surface area contributed by atoms with E-state index in [1.165, 1.54) is 4.88 Å². The Bertz CT molecular complexity index is 626. The Balaban J connectivity index is 1.40. The maximum atomic E-state index is 12.3. The predicted molar refractivity (Wildman–Crippen MR) is 96.4 cm³/mol. The van der Waals surface area contributed by atoms with Crippen molar-refractivity contribution in [3.8, 4) is 0 Å². The van der Waals surface area contributed by atoms with E-state index in [2.05, 4.69) is 44.6 Å². The zero-order valence-corrected chi connectivity index (χ0v) is 14.7. The second kappa shape index (κ2) is 8.10. The predicted octanol–water partition coefficient (Wildman–Crippen LogP) is 2.25. The summed E-state index contributed by atoms with van der Waals surface area (Å²) in [6.45, 7) is 5.81. The molecule has 1 fully saturated rings. The molecule has 1 aliphatic heterocycles. The third kappa shape index (κ3) is 4.44. The van der Waals surface area contributed by atoms with Crippen LogP contribution in [-0.2, 0) is 6.42 Å². The number of rotatable bonds is 5. The molecule has 7 heteroatoms. The Morgan fingerprint density at radius 2 is 2.00 bits per heavy atom. The van der Waals surface area contributed by atoms with Gasteiger partial charge >= 0.3 is 6.03 Å². The van der Waals surface area contributed by atoms with Crippen LogP contribution in [0.4, 0.5) is 10.7 Å². The van der Waals surface area contributed by atoms with Crippen LogP contribution in [0.15, 0.2) is 36.0 Å².